The highest BCUT2D eigenvalue weighted by molar-refractivity contribution is 7.13. The predicted molar refractivity (Wildman–Crippen MR) is 102 cm³/mol. The molecule has 0 bridgehead atoms. The minimum Gasteiger partial charge on any atom is -0.234 e. The minimum atomic E-state index is 0.719. The zero-order chi connectivity index (χ0) is 17.4. The first kappa shape index (κ1) is 16.0. The van der Waals surface area contributed by atoms with Gasteiger partial charge in [0.2, 0.25) is 0 Å². The standard InChI is InChI=1S/C19H15ClN4S/c1-12-3-9-16(10-4-12)24-13(2)18(22-23-24)19-21-17(11-25-19)14-5-7-15(20)8-6-14/h3-11H,1-2H3. The fraction of sp³-hybridized carbons (Fsp3) is 0.105. The molecule has 0 atom stereocenters. The molecule has 0 spiro atoms. The van der Waals surface area contributed by atoms with Gasteiger partial charge in [-0.15, -0.1) is 16.4 Å². The van der Waals surface area contributed by atoms with Crippen LogP contribution in [0.5, 0.6) is 0 Å². The maximum absolute atomic E-state index is 5.95. The molecule has 0 N–H and O–H groups in total. The molecule has 0 aliphatic rings. The average Bonchev–Trinajstić information content (AvgIpc) is 3.23. The molecule has 6 heteroatoms. The second kappa shape index (κ2) is 6.43. The Labute approximate surface area is 154 Å². The van der Waals surface area contributed by atoms with E-state index in [4.69, 9.17) is 16.6 Å². The third kappa shape index (κ3) is 3.08. The van der Waals surface area contributed by atoms with Gasteiger partial charge in [-0.05, 0) is 38.1 Å². The van der Waals surface area contributed by atoms with E-state index >= 15 is 0 Å². The van der Waals surface area contributed by atoms with Gasteiger partial charge in [0.05, 0.1) is 17.1 Å². The Hall–Kier alpha value is -2.50. The summed E-state index contributed by atoms with van der Waals surface area (Å²) in [7, 11) is 0. The average molecular weight is 367 g/mol. The maximum atomic E-state index is 5.95. The molecule has 2 aromatic heterocycles. The van der Waals surface area contributed by atoms with Crippen molar-refractivity contribution in [3.05, 3.63) is 70.2 Å². The van der Waals surface area contributed by atoms with E-state index < -0.39 is 0 Å². The van der Waals surface area contributed by atoms with Gasteiger partial charge in [-0.3, -0.25) is 0 Å². The zero-order valence-electron chi connectivity index (χ0n) is 13.8. The predicted octanol–water partition coefficient (Wildman–Crippen LogP) is 5.33. The van der Waals surface area contributed by atoms with Crippen LogP contribution < -0.4 is 0 Å². The van der Waals surface area contributed by atoms with Gasteiger partial charge in [0, 0.05) is 16.0 Å². The van der Waals surface area contributed by atoms with Crippen molar-refractivity contribution in [1.29, 1.82) is 0 Å². The Bertz CT molecular complexity index is 1020. The zero-order valence-corrected chi connectivity index (χ0v) is 15.3. The number of thiazole rings is 1. The van der Waals surface area contributed by atoms with Crippen LogP contribution in [0.3, 0.4) is 0 Å². The first-order valence-corrected chi connectivity index (χ1v) is 9.09. The van der Waals surface area contributed by atoms with Gasteiger partial charge in [-0.25, -0.2) is 9.67 Å². The Balaban J connectivity index is 1.69. The summed E-state index contributed by atoms with van der Waals surface area (Å²) in [5, 5.41) is 12.3. The summed E-state index contributed by atoms with van der Waals surface area (Å²) < 4.78 is 1.85. The molecular formula is C19H15ClN4S. The van der Waals surface area contributed by atoms with Crippen molar-refractivity contribution in [2.75, 3.05) is 0 Å². The molecule has 4 nitrogen and oxygen atoms in total. The molecule has 2 aromatic carbocycles. The summed E-state index contributed by atoms with van der Waals surface area (Å²) in [6, 6.07) is 15.9. The van der Waals surface area contributed by atoms with E-state index in [9.17, 15) is 0 Å². The molecule has 0 saturated heterocycles. The van der Waals surface area contributed by atoms with Crippen molar-refractivity contribution < 1.29 is 0 Å². The van der Waals surface area contributed by atoms with Crippen LogP contribution in [0.4, 0.5) is 0 Å². The molecule has 2 heterocycles. The molecule has 0 radical (unpaired) electrons. The van der Waals surface area contributed by atoms with Gasteiger partial charge < -0.3 is 0 Å². The lowest BCUT2D eigenvalue weighted by Crippen LogP contribution is -1.98. The first-order valence-electron chi connectivity index (χ1n) is 7.83. The highest BCUT2D eigenvalue weighted by Crippen LogP contribution is 2.30. The Morgan fingerprint density at radius 3 is 2.40 bits per heavy atom. The number of benzene rings is 2. The molecule has 124 valence electrons. The minimum absolute atomic E-state index is 0.719. The Morgan fingerprint density at radius 1 is 0.960 bits per heavy atom. The molecular weight excluding hydrogens is 352 g/mol. The van der Waals surface area contributed by atoms with Crippen molar-refractivity contribution in [3.63, 3.8) is 0 Å². The summed E-state index contributed by atoms with van der Waals surface area (Å²) in [5.74, 6) is 0. The first-order chi connectivity index (χ1) is 12.1. The second-order valence-electron chi connectivity index (χ2n) is 5.82. The van der Waals surface area contributed by atoms with Crippen LogP contribution in [0.25, 0.3) is 27.6 Å². The fourth-order valence-electron chi connectivity index (χ4n) is 2.59. The van der Waals surface area contributed by atoms with E-state index in [2.05, 4.69) is 29.4 Å². The lowest BCUT2D eigenvalue weighted by atomic mass is 10.2. The molecule has 0 saturated carbocycles. The molecule has 0 aliphatic heterocycles. The summed E-state index contributed by atoms with van der Waals surface area (Å²) in [6.07, 6.45) is 0. The van der Waals surface area contributed by atoms with Crippen LogP contribution in [-0.4, -0.2) is 20.0 Å². The van der Waals surface area contributed by atoms with Gasteiger partial charge in [0.25, 0.3) is 0 Å². The molecule has 4 aromatic rings. The lowest BCUT2D eigenvalue weighted by Gasteiger charge is -2.03. The number of hydrogen-bond donors (Lipinski definition) is 0. The van der Waals surface area contributed by atoms with Crippen LogP contribution in [0, 0.1) is 13.8 Å². The van der Waals surface area contributed by atoms with Crippen LogP contribution in [-0.2, 0) is 0 Å². The van der Waals surface area contributed by atoms with E-state index in [-0.39, 0.29) is 0 Å². The van der Waals surface area contributed by atoms with E-state index in [1.54, 1.807) is 11.3 Å². The van der Waals surface area contributed by atoms with E-state index in [1.165, 1.54) is 5.56 Å². The third-order valence-electron chi connectivity index (χ3n) is 4.02. The molecule has 0 unspecified atom stereocenters. The van der Waals surface area contributed by atoms with Crippen LogP contribution in [0.2, 0.25) is 5.02 Å². The molecule has 0 amide bonds. The monoisotopic (exact) mass is 366 g/mol. The summed E-state index contributed by atoms with van der Waals surface area (Å²) >= 11 is 7.52. The molecule has 0 fully saturated rings. The van der Waals surface area contributed by atoms with Gasteiger partial charge >= 0.3 is 0 Å². The number of aromatic nitrogens is 4. The normalized spacial score (nSPS) is 11.0. The summed E-state index contributed by atoms with van der Waals surface area (Å²) in [4.78, 5) is 4.72. The third-order valence-corrected chi connectivity index (χ3v) is 5.12. The Kier molecular flexibility index (Phi) is 4.11. The van der Waals surface area contributed by atoms with Gasteiger partial charge in [0.15, 0.2) is 0 Å². The largest absolute Gasteiger partial charge is 0.234 e. The van der Waals surface area contributed by atoms with E-state index in [0.717, 1.165) is 38.4 Å². The second-order valence-corrected chi connectivity index (χ2v) is 7.11. The number of hydrogen-bond acceptors (Lipinski definition) is 4. The highest BCUT2D eigenvalue weighted by Gasteiger charge is 2.16. The van der Waals surface area contributed by atoms with Crippen LogP contribution in [0.1, 0.15) is 11.3 Å². The molecule has 25 heavy (non-hydrogen) atoms. The topological polar surface area (TPSA) is 43.6 Å². The van der Waals surface area contributed by atoms with Crippen molar-refractivity contribution >= 4 is 22.9 Å². The highest BCUT2D eigenvalue weighted by atomic mass is 35.5. The number of nitrogens with zero attached hydrogens (tertiary/aromatic N) is 4. The van der Waals surface area contributed by atoms with Crippen molar-refractivity contribution in [1.82, 2.24) is 20.0 Å². The van der Waals surface area contributed by atoms with E-state index in [0.29, 0.717) is 0 Å². The Morgan fingerprint density at radius 2 is 1.68 bits per heavy atom. The lowest BCUT2D eigenvalue weighted by molar-refractivity contribution is 0.785. The SMILES string of the molecule is Cc1ccc(-n2nnc(-c3nc(-c4ccc(Cl)cc4)cs3)c2C)cc1. The van der Waals surface area contributed by atoms with Crippen LogP contribution >= 0.6 is 22.9 Å². The maximum Gasteiger partial charge on any atom is 0.146 e. The number of halogens is 1. The van der Waals surface area contributed by atoms with Gasteiger partial charge in [-0.1, -0.05) is 46.6 Å². The van der Waals surface area contributed by atoms with E-state index in [1.807, 2.05) is 53.4 Å². The van der Waals surface area contributed by atoms with Gasteiger partial charge in [0.1, 0.15) is 10.7 Å². The number of rotatable bonds is 3. The quantitative estimate of drug-likeness (QED) is 0.492. The summed E-state index contributed by atoms with van der Waals surface area (Å²) in [5.41, 5.74) is 5.95. The summed E-state index contributed by atoms with van der Waals surface area (Å²) in [6.45, 7) is 4.08. The molecule has 4 rings (SSSR count). The van der Waals surface area contributed by atoms with Crippen molar-refractivity contribution in [3.8, 4) is 27.6 Å². The smallest absolute Gasteiger partial charge is 0.146 e. The van der Waals surface area contributed by atoms with Crippen molar-refractivity contribution in [2.45, 2.75) is 13.8 Å². The van der Waals surface area contributed by atoms with Gasteiger partial charge in [-0.2, -0.15) is 0 Å². The fourth-order valence-corrected chi connectivity index (χ4v) is 3.58. The number of aryl methyl sites for hydroxylation is 1. The van der Waals surface area contributed by atoms with Crippen LogP contribution in [0.15, 0.2) is 53.9 Å². The molecule has 0 aliphatic carbocycles. The van der Waals surface area contributed by atoms with Crippen molar-refractivity contribution in [2.24, 2.45) is 0 Å².